The third kappa shape index (κ3) is 4.37. The molecule has 5 heteroatoms. The van der Waals surface area contributed by atoms with Gasteiger partial charge in [-0.2, -0.15) is 5.26 Å². The van der Waals surface area contributed by atoms with Crippen molar-refractivity contribution in [2.24, 2.45) is 0 Å². The van der Waals surface area contributed by atoms with Crippen LogP contribution in [0.5, 0.6) is 5.75 Å². The van der Waals surface area contributed by atoms with Gasteiger partial charge >= 0.3 is 0 Å². The molecular weight excluding hydrogens is 302 g/mol. The fourth-order valence-corrected chi connectivity index (χ4v) is 2.21. The molecule has 3 N–H and O–H groups in total. The predicted molar refractivity (Wildman–Crippen MR) is 94.6 cm³/mol. The lowest BCUT2D eigenvalue weighted by molar-refractivity contribution is -0.112. The number of phenolic OH excluding ortho intramolecular Hbond substituents is 1. The first kappa shape index (κ1) is 17.1. The summed E-state index contributed by atoms with van der Waals surface area (Å²) in [6.07, 6.45) is 1.39. The van der Waals surface area contributed by atoms with Crippen LogP contribution >= 0.6 is 0 Å². The van der Waals surface area contributed by atoms with Crippen molar-refractivity contribution in [1.82, 2.24) is 0 Å². The van der Waals surface area contributed by atoms with E-state index in [0.717, 1.165) is 11.3 Å². The van der Waals surface area contributed by atoms with E-state index in [-0.39, 0.29) is 11.3 Å². The van der Waals surface area contributed by atoms with Crippen molar-refractivity contribution in [1.29, 1.82) is 5.26 Å². The molecule has 0 aliphatic carbocycles. The molecule has 0 radical (unpaired) electrons. The van der Waals surface area contributed by atoms with Crippen molar-refractivity contribution in [3.8, 4) is 11.8 Å². The Morgan fingerprint density at radius 2 is 1.96 bits per heavy atom. The number of para-hydroxylation sites is 1. The summed E-state index contributed by atoms with van der Waals surface area (Å²) in [7, 11) is 0. The van der Waals surface area contributed by atoms with Gasteiger partial charge in [-0.3, -0.25) is 4.79 Å². The number of nitrogens with zero attached hydrogens (tertiary/aromatic N) is 1. The first-order chi connectivity index (χ1) is 11.5. The molecule has 0 aromatic heterocycles. The molecule has 0 aliphatic heterocycles. The molecule has 24 heavy (non-hydrogen) atoms. The third-order valence-electron chi connectivity index (χ3n) is 3.42. The number of carbonyl (C=O) groups is 1. The van der Waals surface area contributed by atoms with Crippen molar-refractivity contribution in [3.63, 3.8) is 0 Å². The zero-order valence-corrected chi connectivity index (χ0v) is 13.6. The highest BCUT2D eigenvalue weighted by Gasteiger charge is 2.10. The molecule has 0 atom stereocenters. The zero-order valence-electron chi connectivity index (χ0n) is 13.6. The maximum Gasteiger partial charge on any atom is 0.267 e. The van der Waals surface area contributed by atoms with Gasteiger partial charge in [0.2, 0.25) is 0 Å². The molecule has 1 amide bonds. The molecule has 122 valence electrons. The van der Waals surface area contributed by atoms with Crippen LogP contribution in [0.1, 0.15) is 25.3 Å². The van der Waals surface area contributed by atoms with E-state index in [1.165, 1.54) is 18.3 Å². The Labute approximate surface area is 141 Å². The minimum Gasteiger partial charge on any atom is -0.508 e. The number of anilines is 2. The molecule has 0 heterocycles. The highest BCUT2D eigenvalue weighted by atomic mass is 16.3. The second-order valence-corrected chi connectivity index (χ2v) is 5.56. The fourth-order valence-electron chi connectivity index (χ4n) is 2.21. The maximum atomic E-state index is 12.2. The number of rotatable bonds is 5. The van der Waals surface area contributed by atoms with Crippen LogP contribution < -0.4 is 10.6 Å². The van der Waals surface area contributed by atoms with E-state index < -0.39 is 5.91 Å². The zero-order chi connectivity index (χ0) is 17.5. The number of benzene rings is 2. The van der Waals surface area contributed by atoms with Gasteiger partial charge < -0.3 is 15.7 Å². The Kier molecular flexibility index (Phi) is 5.58. The summed E-state index contributed by atoms with van der Waals surface area (Å²) < 4.78 is 0. The Balaban J connectivity index is 2.15. The lowest BCUT2D eigenvalue weighted by Gasteiger charge is -2.12. The normalized spacial score (nSPS) is 11.0. The molecular formula is C19H19N3O2. The van der Waals surface area contributed by atoms with Crippen molar-refractivity contribution in [3.05, 3.63) is 65.9 Å². The molecule has 0 saturated heterocycles. The van der Waals surface area contributed by atoms with Crippen LogP contribution in [0.3, 0.4) is 0 Å². The van der Waals surface area contributed by atoms with Gasteiger partial charge in [0.05, 0.1) is 0 Å². The quantitative estimate of drug-likeness (QED) is 0.574. The molecule has 0 unspecified atom stereocenters. The van der Waals surface area contributed by atoms with Crippen molar-refractivity contribution >= 4 is 17.3 Å². The Morgan fingerprint density at radius 3 is 2.62 bits per heavy atom. The van der Waals surface area contributed by atoms with Crippen LogP contribution in [-0.2, 0) is 4.79 Å². The number of aromatic hydroxyl groups is 1. The van der Waals surface area contributed by atoms with Crippen LogP contribution in [0.15, 0.2) is 60.3 Å². The summed E-state index contributed by atoms with van der Waals surface area (Å²) in [5.74, 6) is -0.189. The maximum absolute atomic E-state index is 12.2. The van der Waals surface area contributed by atoms with Gasteiger partial charge in [-0.05, 0) is 29.7 Å². The van der Waals surface area contributed by atoms with Gasteiger partial charge in [0, 0.05) is 23.6 Å². The molecule has 5 nitrogen and oxygen atoms in total. The van der Waals surface area contributed by atoms with Gasteiger partial charge in [0.25, 0.3) is 5.91 Å². The Morgan fingerprint density at radius 1 is 1.21 bits per heavy atom. The minimum absolute atomic E-state index is 0.0410. The van der Waals surface area contributed by atoms with Crippen LogP contribution in [0.25, 0.3) is 0 Å². The number of nitriles is 1. The number of nitrogens with one attached hydrogen (secondary N) is 2. The van der Waals surface area contributed by atoms with Crippen LogP contribution in [0.4, 0.5) is 11.4 Å². The molecule has 0 spiro atoms. The number of phenols is 1. The van der Waals surface area contributed by atoms with E-state index in [1.807, 2.05) is 30.3 Å². The van der Waals surface area contributed by atoms with Gasteiger partial charge in [-0.25, -0.2) is 0 Å². The SMILES string of the molecule is CC(C)c1ccccc1N/C=C(/C#N)C(=O)Nc1cccc(O)c1. The highest BCUT2D eigenvalue weighted by molar-refractivity contribution is 6.06. The van der Waals surface area contributed by atoms with Gasteiger partial charge in [0.15, 0.2) is 0 Å². The second-order valence-electron chi connectivity index (χ2n) is 5.56. The summed E-state index contributed by atoms with van der Waals surface area (Å²) in [6.45, 7) is 4.15. The molecule has 2 rings (SSSR count). The van der Waals surface area contributed by atoms with Gasteiger partial charge in [-0.15, -0.1) is 0 Å². The van der Waals surface area contributed by atoms with E-state index in [2.05, 4.69) is 24.5 Å². The average molecular weight is 321 g/mol. The van der Waals surface area contributed by atoms with Crippen molar-refractivity contribution < 1.29 is 9.90 Å². The van der Waals surface area contributed by atoms with E-state index >= 15 is 0 Å². The number of carbonyl (C=O) groups excluding carboxylic acids is 1. The van der Waals surface area contributed by atoms with Gasteiger partial charge in [0.1, 0.15) is 17.4 Å². The Bertz CT molecular complexity index is 804. The van der Waals surface area contributed by atoms with Crippen LogP contribution in [0, 0.1) is 11.3 Å². The number of hydrogen-bond acceptors (Lipinski definition) is 4. The summed E-state index contributed by atoms with van der Waals surface area (Å²) >= 11 is 0. The van der Waals surface area contributed by atoms with Crippen molar-refractivity contribution in [2.75, 3.05) is 10.6 Å². The first-order valence-corrected chi connectivity index (χ1v) is 7.57. The summed E-state index contributed by atoms with van der Waals surface area (Å²) in [5, 5.41) is 24.2. The lowest BCUT2D eigenvalue weighted by Crippen LogP contribution is -2.14. The first-order valence-electron chi connectivity index (χ1n) is 7.57. The fraction of sp³-hybridized carbons (Fsp3) is 0.158. The molecule has 0 saturated carbocycles. The van der Waals surface area contributed by atoms with Gasteiger partial charge in [-0.1, -0.05) is 38.1 Å². The third-order valence-corrected chi connectivity index (χ3v) is 3.42. The van der Waals surface area contributed by atoms with E-state index in [9.17, 15) is 15.2 Å². The van der Waals surface area contributed by atoms with Crippen LogP contribution in [-0.4, -0.2) is 11.0 Å². The highest BCUT2D eigenvalue weighted by Crippen LogP contribution is 2.24. The second kappa shape index (κ2) is 7.84. The minimum atomic E-state index is -0.544. The molecule has 2 aromatic rings. The lowest BCUT2D eigenvalue weighted by atomic mass is 10.0. The summed E-state index contributed by atoms with van der Waals surface area (Å²) in [4.78, 5) is 12.2. The summed E-state index contributed by atoms with van der Waals surface area (Å²) in [6, 6.07) is 15.8. The van der Waals surface area contributed by atoms with Crippen LogP contribution in [0.2, 0.25) is 0 Å². The molecule has 0 fully saturated rings. The largest absolute Gasteiger partial charge is 0.508 e. The number of amides is 1. The van der Waals surface area contributed by atoms with E-state index in [1.54, 1.807) is 12.1 Å². The smallest absolute Gasteiger partial charge is 0.267 e. The predicted octanol–water partition coefficient (Wildman–Crippen LogP) is 3.97. The molecule has 0 bridgehead atoms. The molecule has 2 aromatic carbocycles. The standard InChI is InChI=1S/C19H19N3O2/c1-13(2)17-8-3-4-9-18(17)21-12-14(11-20)19(24)22-15-6-5-7-16(23)10-15/h3-10,12-13,21,23H,1-2H3,(H,22,24)/b14-12-. The topological polar surface area (TPSA) is 85.2 Å². The van der Waals surface area contributed by atoms with E-state index in [4.69, 9.17) is 0 Å². The Hall–Kier alpha value is -3.26. The average Bonchev–Trinajstić information content (AvgIpc) is 2.55. The monoisotopic (exact) mass is 321 g/mol. The summed E-state index contributed by atoms with van der Waals surface area (Å²) in [5.41, 5.74) is 2.31. The van der Waals surface area contributed by atoms with Crippen molar-refractivity contribution in [2.45, 2.75) is 19.8 Å². The van der Waals surface area contributed by atoms with E-state index in [0.29, 0.717) is 11.6 Å². The number of hydrogen-bond donors (Lipinski definition) is 3. The molecule has 0 aliphatic rings.